The lowest BCUT2D eigenvalue weighted by molar-refractivity contribution is 0.102. The number of amides is 1. The van der Waals surface area contributed by atoms with E-state index < -0.39 is 0 Å². The Bertz CT molecular complexity index is 710. The highest BCUT2D eigenvalue weighted by molar-refractivity contribution is 6.06. The molecule has 1 amide bonds. The largest absolute Gasteiger partial charge is 0.361 e. The Hall–Kier alpha value is -2.56. The van der Waals surface area contributed by atoms with Crippen molar-refractivity contribution in [3.63, 3.8) is 0 Å². The highest BCUT2D eigenvalue weighted by atomic mass is 16.1. The molecule has 0 bridgehead atoms. The topological polar surface area (TPSA) is 73.6 Å². The first-order valence-electron chi connectivity index (χ1n) is 5.62. The summed E-state index contributed by atoms with van der Waals surface area (Å²) in [7, 11) is 0. The average molecular weight is 240 g/mol. The number of anilines is 1. The van der Waals surface area contributed by atoms with Crippen molar-refractivity contribution in [2.75, 3.05) is 5.32 Å². The summed E-state index contributed by atoms with van der Waals surface area (Å²) in [6.45, 7) is 1.86. The minimum atomic E-state index is -0.136. The summed E-state index contributed by atoms with van der Waals surface area (Å²) in [6, 6.07) is 7.49. The van der Waals surface area contributed by atoms with E-state index >= 15 is 0 Å². The van der Waals surface area contributed by atoms with Gasteiger partial charge >= 0.3 is 0 Å². The van der Waals surface area contributed by atoms with Crippen LogP contribution < -0.4 is 5.32 Å². The summed E-state index contributed by atoms with van der Waals surface area (Å²) >= 11 is 0. The number of hydrogen-bond donors (Lipinski definition) is 3. The van der Waals surface area contributed by atoms with E-state index in [-0.39, 0.29) is 5.91 Å². The first-order chi connectivity index (χ1) is 8.74. The maximum Gasteiger partial charge on any atom is 0.255 e. The van der Waals surface area contributed by atoms with E-state index in [9.17, 15) is 4.79 Å². The minimum absolute atomic E-state index is 0.136. The van der Waals surface area contributed by atoms with Crippen LogP contribution in [0, 0.1) is 6.92 Å². The Morgan fingerprint density at radius 3 is 3.00 bits per heavy atom. The van der Waals surface area contributed by atoms with Gasteiger partial charge in [-0.05, 0) is 31.2 Å². The maximum atomic E-state index is 12.1. The molecule has 0 aliphatic carbocycles. The van der Waals surface area contributed by atoms with Gasteiger partial charge in [0.15, 0.2) is 0 Å². The Labute approximate surface area is 103 Å². The third kappa shape index (κ3) is 1.75. The summed E-state index contributed by atoms with van der Waals surface area (Å²) in [4.78, 5) is 15.2. The zero-order valence-electron chi connectivity index (χ0n) is 9.82. The van der Waals surface area contributed by atoms with Crippen molar-refractivity contribution in [2.24, 2.45) is 0 Å². The second kappa shape index (κ2) is 4.03. The molecule has 0 saturated carbocycles. The first-order valence-corrected chi connectivity index (χ1v) is 5.62. The van der Waals surface area contributed by atoms with Gasteiger partial charge in [-0.25, -0.2) is 0 Å². The number of hydrogen-bond acceptors (Lipinski definition) is 2. The molecule has 3 rings (SSSR count). The van der Waals surface area contributed by atoms with Gasteiger partial charge in [0.2, 0.25) is 0 Å². The second-order valence-corrected chi connectivity index (χ2v) is 4.14. The molecule has 3 aromatic rings. The zero-order valence-corrected chi connectivity index (χ0v) is 9.82. The fourth-order valence-corrected chi connectivity index (χ4v) is 1.87. The van der Waals surface area contributed by atoms with Crippen LogP contribution in [0.2, 0.25) is 0 Å². The van der Waals surface area contributed by atoms with Gasteiger partial charge in [-0.3, -0.25) is 9.89 Å². The summed E-state index contributed by atoms with van der Waals surface area (Å²) in [5, 5.41) is 10.5. The molecule has 3 N–H and O–H groups in total. The summed E-state index contributed by atoms with van der Waals surface area (Å²) < 4.78 is 0. The Balaban J connectivity index is 1.89. The minimum Gasteiger partial charge on any atom is -0.361 e. The number of benzene rings is 1. The van der Waals surface area contributed by atoms with Crippen molar-refractivity contribution >= 4 is 22.5 Å². The predicted molar refractivity (Wildman–Crippen MR) is 69.6 cm³/mol. The number of nitrogens with one attached hydrogen (secondary N) is 3. The lowest BCUT2D eigenvalue weighted by Crippen LogP contribution is -2.11. The molecule has 2 heterocycles. The molecule has 5 heteroatoms. The lowest BCUT2D eigenvalue weighted by atomic mass is 10.1. The van der Waals surface area contributed by atoms with Crippen LogP contribution in [-0.2, 0) is 0 Å². The number of nitrogens with zero attached hydrogens (tertiary/aromatic N) is 1. The van der Waals surface area contributed by atoms with Crippen LogP contribution in [0.15, 0.2) is 36.7 Å². The number of rotatable bonds is 2. The highest BCUT2D eigenvalue weighted by Gasteiger charge is 2.09. The fourth-order valence-electron chi connectivity index (χ4n) is 1.87. The summed E-state index contributed by atoms with van der Waals surface area (Å²) in [6.07, 6.45) is 3.45. The van der Waals surface area contributed by atoms with E-state index in [4.69, 9.17) is 0 Å². The monoisotopic (exact) mass is 240 g/mol. The molecular formula is C13H12N4O. The Morgan fingerprint density at radius 2 is 2.22 bits per heavy atom. The van der Waals surface area contributed by atoms with Crippen molar-refractivity contribution in [2.45, 2.75) is 6.92 Å². The molecule has 0 radical (unpaired) electrons. The van der Waals surface area contributed by atoms with Crippen LogP contribution in [0.1, 0.15) is 16.1 Å². The highest BCUT2D eigenvalue weighted by Crippen LogP contribution is 2.16. The number of aromatic amines is 2. The quantitative estimate of drug-likeness (QED) is 0.643. The standard InChI is InChI=1S/C13H12N4O/c1-8-12(7-15-17-8)16-13(18)10-2-3-11-9(6-10)4-5-14-11/h2-7,14H,1H3,(H,15,17)(H,16,18). The normalized spacial score (nSPS) is 10.7. The van der Waals surface area contributed by atoms with E-state index in [0.717, 1.165) is 16.6 Å². The van der Waals surface area contributed by atoms with Gasteiger partial charge in [0.05, 0.1) is 17.6 Å². The molecule has 1 aromatic carbocycles. The van der Waals surface area contributed by atoms with Gasteiger partial charge in [-0.15, -0.1) is 0 Å². The van der Waals surface area contributed by atoms with Crippen molar-refractivity contribution < 1.29 is 4.79 Å². The van der Waals surface area contributed by atoms with Crippen LogP contribution in [0.3, 0.4) is 0 Å². The summed E-state index contributed by atoms with van der Waals surface area (Å²) in [5.74, 6) is -0.136. The third-order valence-electron chi connectivity index (χ3n) is 2.89. The van der Waals surface area contributed by atoms with Crippen LogP contribution in [0.25, 0.3) is 10.9 Å². The average Bonchev–Trinajstić information content (AvgIpc) is 2.98. The number of carbonyl (C=O) groups is 1. The molecule has 0 unspecified atom stereocenters. The fraction of sp³-hybridized carbons (Fsp3) is 0.0769. The van der Waals surface area contributed by atoms with E-state index in [1.165, 1.54) is 0 Å². The van der Waals surface area contributed by atoms with Gasteiger partial charge < -0.3 is 10.3 Å². The van der Waals surface area contributed by atoms with Crippen molar-refractivity contribution in [1.29, 1.82) is 0 Å². The number of fused-ring (bicyclic) bond motifs is 1. The molecule has 90 valence electrons. The van der Waals surface area contributed by atoms with Crippen molar-refractivity contribution in [3.8, 4) is 0 Å². The molecule has 0 spiro atoms. The number of aromatic nitrogens is 3. The molecule has 0 aliphatic rings. The molecule has 0 saturated heterocycles. The SMILES string of the molecule is Cc1[nH]ncc1NC(=O)c1ccc2[nH]ccc2c1. The second-order valence-electron chi connectivity index (χ2n) is 4.14. The molecule has 0 aliphatic heterocycles. The van der Waals surface area contributed by atoms with Crippen LogP contribution in [-0.4, -0.2) is 21.1 Å². The van der Waals surface area contributed by atoms with Crippen LogP contribution >= 0.6 is 0 Å². The van der Waals surface area contributed by atoms with Gasteiger partial charge in [-0.2, -0.15) is 5.10 Å². The Kier molecular flexibility index (Phi) is 2.37. The van der Waals surface area contributed by atoms with Gasteiger partial charge in [0.25, 0.3) is 5.91 Å². The Morgan fingerprint density at radius 1 is 1.33 bits per heavy atom. The number of H-pyrrole nitrogens is 2. The zero-order chi connectivity index (χ0) is 12.5. The van der Waals surface area contributed by atoms with E-state index in [1.807, 2.05) is 31.3 Å². The van der Waals surface area contributed by atoms with E-state index in [2.05, 4.69) is 20.5 Å². The van der Waals surface area contributed by atoms with Gasteiger partial charge in [0, 0.05) is 22.7 Å². The molecule has 18 heavy (non-hydrogen) atoms. The molecular weight excluding hydrogens is 228 g/mol. The van der Waals surface area contributed by atoms with E-state index in [1.54, 1.807) is 12.3 Å². The predicted octanol–water partition coefficient (Wildman–Crippen LogP) is 2.45. The molecule has 0 atom stereocenters. The number of aryl methyl sites for hydroxylation is 1. The van der Waals surface area contributed by atoms with Gasteiger partial charge in [0.1, 0.15) is 0 Å². The molecule has 5 nitrogen and oxygen atoms in total. The smallest absolute Gasteiger partial charge is 0.255 e. The number of carbonyl (C=O) groups excluding carboxylic acids is 1. The maximum absolute atomic E-state index is 12.1. The first kappa shape index (κ1) is 10.6. The summed E-state index contributed by atoms with van der Waals surface area (Å²) in [5.41, 5.74) is 3.19. The van der Waals surface area contributed by atoms with Crippen LogP contribution in [0.5, 0.6) is 0 Å². The lowest BCUT2D eigenvalue weighted by Gasteiger charge is -2.03. The van der Waals surface area contributed by atoms with Gasteiger partial charge in [-0.1, -0.05) is 0 Å². The molecule has 0 fully saturated rings. The van der Waals surface area contributed by atoms with Crippen molar-refractivity contribution in [1.82, 2.24) is 15.2 Å². The van der Waals surface area contributed by atoms with E-state index in [0.29, 0.717) is 11.3 Å². The molecule has 2 aromatic heterocycles. The van der Waals surface area contributed by atoms with Crippen molar-refractivity contribution in [3.05, 3.63) is 47.9 Å². The third-order valence-corrected chi connectivity index (χ3v) is 2.89. The van der Waals surface area contributed by atoms with Crippen LogP contribution in [0.4, 0.5) is 5.69 Å².